The van der Waals surface area contributed by atoms with Crippen molar-refractivity contribution in [1.29, 1.82) is 0 Å². The average Bonchev–Trinajstić information content (AvgIpc) is 1.21. The molecule has 0 spiro atoms. The molecule has 0 aromatic heterocycles. The first-order valence-electron chi connectivity index (χ1n) is 2.36. The molecule has 4 nitrogen and oxygen atoms in total. The number of nitrogens with one attached hydrogen (secondary N) is 1. The third-order valence-electron chi connectivity index (χ3n) is 0.399. The minimum absolute atomic E-state index is 0. The third-order valence-corrected chi connectivity index (χ3v) is 0.399. The van der Waals surface area contributed by atoms with Gasteiger partial charge < -0.3 is 15.9 Å². The van der Waals surface area contributed by atoms with E-state index in [0.717, 1.165) is 0 Å². The van der Waals surface area contributed by atoms with Crippen LogP contribution in [-0.4, -0.2) is 17.2 Å². The molecule has 1 amide bonds. The molecule has 10 heavy (non-hydrogen) atoms. The van der Waals surface area contributed by atoms with Crippen LogP contribution < -0.4 is 51.4 Å². The van der Waals surface area contributed by atoms with Gasteiger partial charge in [0.15, 0.2) is 0 Å². The molecule has 0 saturated heterocycles. The molecule has 0 aromatic carbocycles. The number of hydrogen-bond acceptors (Lipinski definition) is 3. The van der Waals surface area contributed by atoms with Gasteiger partial charge in [-0.1, -0.05) is 0 Å². The Morgan fingerprint density at radius 2 is 1.70 bits per heavy atom. The number of ether oxygens (including phenoxy) is 1. The summed E-state index contributed by atoms with van der Waals surface area (Å²) in [4.78, 5) is 9.90. The van der Waals surface area contributed by atoms with Crippen molar-refractivity contribution in [2.75, 3.05) is 0 Å². The maximum absolute atomic E-state index is 9.90. The summed E-state index contributed by atoms with van der Waals surface area (Å²) < 4.78 is 4.47. The van der Waals surface area contributed by atoms with Gasteiger partial charge in [0.1, 0.15) is 5.60 Å². The van der Waals surface area contributed by atoms with E-state index < -0.39 is 11.7 Å². The van der Waals surface area contributed by atoms with Gasteiger partial charge >= 0.3 is 51.4 Å². The zero-order valence-corrected chi connectivity index (χ0v) is 9.89. The standard InChI is InChI=1S/C5H11NO2.K.H2O/c1-5(2,3)8-4(6)7;;/h1-3H3,(H2,6,7);;1H2/q;+1;/p-2. The molecule has 0 aliphatic heterocycles. The molecule has 0 radical (unpaired) electrons. The van der Waals surface area contributed by atoms with Gasteiger partial charge in [-0.25, -0.2) is 0 Å². The second-order valence-electron chi connectivity index (χ2n) is 2.50. The first-order chi connectivity index (χ1) is 3.42. The monoisotopic (exact) mass is 172 g/mol. The van der Waals surface area contributed by atoms with Crippen molar-refractivity contribution >= 4 is 6.09 Å². The first kappa shape index (κ1) is 17.1. The zero-order valence-electron chi connectivity index (χ0n) is 6.76. The summed E-state index contributed by atoms with van der Waals surface area (Å²) in [5.41, 5.74) is 5.86. The van der Waals surface area contributed by atoms with Crippen LogP contribution in [0.2, 0.25) is 0 Å². The number of carbonyl (C=O) groups is 1. The van der Waals surface area contributed by atoms with Crippen LogP contribution in [0, 0.1) is 0 Å². The molecule has 0 rings (SSSR count). The second-order valence-corrected chi connectivity index (χ2v) is 2.50. The quantitative estimate of drug-likeness (QED) is 0.430. The van der Waals surface area contributed by atoms with Crippen molar-refractivity contribution in [3.8, 4) is 0 Å². The van der Waals surface area contributed by atoms with Gasteiger partial charge in [0.05, 0.1) is 0 Å². The van der Waals surface area contributed by atoms with E-state index in [-0.39, 0.29) is 56.9 Å². The molecule has 0 unspecified atom stereocenters. The van der Waals surface area contributed by atoms with Crippen molar-refractivity contribution < 1.29 is 66.4 Å². The molecular formula is C5H11KNO3-. The van der Waals surface area contributed by atoms with E-state index in [1.54, 1.807) is 20.8 Å². The Morgan fingerprint density at radius 3 is 1.70 bits per heavy atom. The summed E-state index contributed by atoms with van der Waals surface area (Å²) in [6.07, 6.45) is -0.975. The number of amides is 1. The molecule has 0 aliphatic rings. The topological polar surface area (TPSA) is 80.1 Å². The summed E-state index contributed by atoms with van der Waals surface area (Å²) in [5, 5.41) is 0. The van der Waals surface area contributed by atoms with Crippen LogP contribution in [0.4, 0.5) is 4.79 Å². The summed E-state index contributed by atoms with van der Waals surface area (Å²) in [7, 11) is 0. The number of rotatable bonds is 0. The molecule has 0 atom stereocenters. The Hall–Kier alpha value is 0.866. The average molecular weight is 172 g/mol. The maximum Gasteiger partial charge on any atom is 1.00 e. The molecule has 56 valence electrons. The fourth-order valence-electron chi connectivity index (χ4n) is 0.278. The molecular weight excluding hydrogens is 161 g/mol. The minimum Gasteiger partial charge on any atom is -0.870 e. The van der Waals surface area contributed by atoms with Crippen molar-refractivity contribution in [2.45, 2.75) is 26.4 Å². The normalized spacial score (nSPS) is 8.70. The van der Waals surface area contributed by atoms with Gasteiger partial charge in [0.25, 0.3) is 0 Å². The van der Waals surface area contributed by atoms with Gasteiger partial charge in [0, 0.05) is 0 Å². The minimum atomic E-state index is -0.975. The van der Waals surface area contributed by atoms with Crippen LogP contribution >= 0.6 is 0 Å². The fraction of sp³-hybridized carbons (Fsp3) is 0.800. The molecule has 2 N–H and O–H groups in total. The summed E-state index contributed by atoms with van der Waals surface area (Å²) in [6.45, 7) is 5.16. The van der Waals surface area contributed by atoms with Crippen LogP contribution in [0.5, 0.6) is 0 Å². The third kappa shape index (κ3) is 15.9. The Morgan fingerprint density at radius 1 is 1.40 bits per heavy atom. The molecule has 0 fully saturated rings. The number of hydrogen-bond donors (Lipinski definition) is 0. The van der Waals surface area contributed by atoms with Crippen LogP contribution in [0.1, 0.15) is 20.8 Å². The van der Waals surface area contributed by atoms with Crippen LogP contribution in [-0.2, 0) is 4.74 Å². The SMILES string of the molecule is CC(C)(C)OC([NH-])=O.[K+].[OH-]. The molecule has 5 heteroatoms. The predicted molar refractivity (Wildman–Crippen MR) is 32.5 cm³/mol. The molecule has 0 bridgehead atoms. The fourth-order valence-corrected chi connectivity index (χ4v) is 0.278. The summed E-state index contributed by atoms with van der Waals surface area (Å²) in [5.74, 6) is 0. The van der Waals surface area contributed by atoms with E-state index in [1.807, 2.05) is 0 Å². The Bertz CT molecular complexity index is 99.6. The Kier molecular flexibility index (Phi) is 11.2. The van der Waals surface area contributed by atoms with Gasteiger partial charge in [-0.15, -0.1) is 0 Å². The van der Waals surface area contributed by atoms with E-state index in [4.69, 9.17) is 5.73 Å². The van der Waals surface area contributed by atoms with E-state index in [0.29, 0.717) is 0 Å². The van der Waals surface area contributed by atoms with Gasteiger partial charge in [0.2, 0.25) is 6.09 Å². The van der Waals surface area contributed by atoms with E-state index in [1.165, 1.54) is 0 Å². The van der Waals surface area contributed by atoms with Gasteiger partial charge in [-0.3, -0.25) is 4.79 Å². The van der Waals surface area contributed by atoms with Crippen molar-refractivity contribution in [1.82, 2.24) is 0 Å². The molecule has 0 aromatic rings. The Labute approximate surface area is 103 Å². The predicted octanol–water partition coefficient (Wildman–Crippen LogP) is -1.20. The van der Waals surface area contributed by atoms with Gasteiger partial charge in [-0.05, 0) is 20.8 Å². The van der Waals surface area contributed by atoms with Crippen molar-refractivity contribution in [3.63, 3.8) is 0 Å². The molecule has 0 heterocycles. The van der Waals surface area contributed by atoms with Crippen LogP contribution in [0.15, 0.2) is 0 Å². The van der Waals surface area contributed by atoms with Crippen LogP contribution in [0.25, 0.3) is 5.73 Å². The van der Waals surface area contributed by atoms with E-state index in [9.17, 15) is 4.79 Å². The van der Waals surface area contributed by atoms with Crippen LogP contribution in [0.3, 0.4) is 0 Å². The summed E-state index contributed by atoms with van der Waals surface area (Å²) >= 11 is 0. The maximum atomic E-state index is 9.90. The van der Waals surface area contributed by atoms with E-state index >= 15 is 0 Å². The Balaban J connectivity index is -0.000000245. The molecule has 0 aliphatic carbocycles. The second kappa shape index (κ2) is 6.57. The largest absolute Gasteiger partial charge is 1.00 e. The number of carbonyl (C=O) groups excluding carboxylic acids is 1. The zero-order chi connectivity index (χ0) is 6.78. The summed E-state index contributed by atoms with van der Waals surface area (Å²) in [6, 6.07) is 0. The van der Waals surface area contributed by atoms with Crippen molar-refractivity contribution in [2.24, 2.45) is 0 Å². The van der Waals surface area contributed by atoms with E-state index in [2.05, 4.69) is 4.74 Å². The first-order valence-corrected chi connectivity index (χ1v) is 2.36. The molecule has 0 saturated carbocycles. The van der Waals surface area contributed by atoms with Gasteiger partial charge in [-0.2, -0.15) is 0 Å². The van der Waals surface area contributed by atoms with Crippen molar-refractivity contribution in [3.05, 3.63) is 5.73 Å². The smallest absolute Gasteiger partial charge is 0.870 e.